The van der Waals surface area contributed by atoms with Crippen LogP contribution >= 0.6 is 0 Å². The van der Waals surface area contributed by atoms with Gasteiger partial charge in [0.15, 0.2) is 6.54 Å². The van der Waals surface area contributed by atoms with Gasteiger partial charge in [0.25, 0.3) is 5.91 Å². The molecule has 0 saturated carbocycles. The van der Waals surface area contributed by atoms with Crippen molar-refractivity contribution in [2.24, 2.45) is 0 Å². The SMILES string of the molecule is C[C@@H]([NH2+]CC(=O)N1CCN(S(=O)(=O)c2ccc(F)cc2)CC1)c1ccccc1. The minimum Gasteiger partial charge on any atom is -0.335 e. The summed E-state index contributed by atoms with van der Waals surface area (Å²) in [4.78, 5) is 14.3. The molecule has 0 aromatic heterocycles. The summed E-state index contributed by atoms with van der Waals surface area (Å²) in [5.41, 5.74) is 1.16. The summed E-state index contributed by atoms with van der Waals surface area (Å²) >= 11 is 0. The molecular formula is C20H25FN3O3S+. The van der Waals surface area contributed by atoms with Crippen molar-refractivity contribution in [2.45, 2.75) is 17.9 Å². The van der Waals surface area contributed by atoms with Crippen molar-refractivity contribution in [3.63, 3.8) is 0 Å². The number of nitrogens with two attached hydrogens (primary N) is 1. The largest absolute Gasteiger partial charge is 0.335 e. The second kappa shape index (κ2) is 8.81. The zero-order valence-electron chi connectivity index (χ0n) is 15.8. The van der Waals surface area contributed by atoms with Crippen LogP contribution in [-0.2, 0) is 14.8 Å². The molecule has 1 fully saturated rings. The van der Waals surface area contributed by atoms with Crippen LogP contribution in [0.2, 0.25) is 0 Å². The Morgan fingerprint density at radius 2 is 1.64 bits per heavy atom. The van der Waals surface area contributed by atoms with Gasteiger partial charge in [-0.25, -0.2) is 12.8 Å². The topological polar surface area (TPSA) is 74.3 Å². The van der Waals surface area contributed by atoms with Gasteiger partial charge in [-0.05, 0) is 31.2 Å². The number of halogens is 1. The highest BCUT2D eigenvalue weighted by Gasteiger charge is 2.30. The number of hydrogen-bond donors (Lipinski definition) is 1. The van der Waals surface area contributed by atoms with Gasteiger partial charge in [-0.2, -0.15) is 4.31 Å². The Balaban J connectivity index is 1.52. The molecule has 1 heterocycles. The maximum Gasteiger partial charge on any atom is 0.277 e. The Morgan fingerprint density at radius 1 is 1.04 bits per heavy atom. The Labute approximate surface area is 165 Å². The molecule has 0 radical (unpaired) electrons. The number of rotatable bonds is 6. The average molecular weight is 407 g/mol. The number of carbonyl (C=O) groups excluding carboxylic acids is 1. The molecule has 0 bridgehead atoms. The molecule has 0 aliphatic carbocycles. The average Bonchev–Trinajstić information content (AvgIpc) is 2.73. The summed E-state index contributed by atoms with van der Waals surface area (Å²) in [6.07, 6.45) is 0. The second-order valence-corrected chi connectivity index (χ2v) is 8.82. The quantitative estimate of drug-likeness (QED) is 0.777. The molecule has 1 atom stereocenters. The summed E-state index contributed by atoms with van der Waals surface area (Å²) in [7, 11) is -3.67. The lowest BCUT2D eigenvalue weighted by Crippen LogP contribution is -2.87. The lowest BCUT2D eigenvalue weighted by molar-refractivity contribution is -0.683. The maximum atomic E-state index is 13.0. The van der Waals surface area contributed by atoms with E-state index in [1.54, 1.807) is 4.90 Å². The molecule has 28 heavy (non-hydrogen) atoms. The molecule has 3 rings (SSSR count). The van der Waals surface area contributed by atoms with Crippen LogP contribution in [0.1, 0.15) is 18.5 Å². The van der Waals surface area contributed by atoms with E-state index in [1.807, 2.05) is 35.6 Å². The molecule has 1 amide bonds. The molecule has 0 spiro atoms. The van der Waals surface area contributed by atoms with Crippen molar-refractivity contribution in [1.82, 2.24) is 9.21 Å². The molecule has 150 valence electrons. The van der Waals surface area contributed by atoms with Crippen molar-refractivity contribution in [1.29, 1.82) is 0 Å². The van der Waals surface area contributed by atoms with Gasteiger partial charge in [0.1, 0.15) is 11.9 Å². The zero-order chi connectivity index (χ0) is 20.1. The zero-order valence-corrected chi connectivity index (χ0v) is 16.6. The third-order valence-corrected chi connectivity index (χ3v) is 6.93. The summed E-state index contributed by atoms with van der Waals surface area (Å²) < 4.78 is 39.7. The summed E-state index contributed by atoms with van der Waals surface area (Å²) in [6.45, 7) is 3.55. The molecule has 1 saturated heterocycles. The smallest absolute Gasteiger partial charge is 0.277 e. The van der Waals surface area contributed by atoms with E-state index in [0.717, 1.165) is 17.7 Å². The Morgan fingerprint density at radius 3 is 2.25 bits per heavy atom. The lowest BCUT2D eigenvalue weighted by atomic mass is 10.1. The molecule has 1 aliphatic heterocycles. The van der Waals surface area contributed by atoms with Crippen LogP contribution in [0.4, 0.5) is 4.39 Å². The first-order valence-corrected chi connectivity index (χ1v) is 10.7. The number of quaternary nitrogens is 1. The van der Waals surface area contributed by atoms with Gasteiger partial charge in [0, 0.05) is 31.7 Å². The Bertz CT molecular complexity index is 896. The first kappa shape index (κ1) is 20.4. The molecular weight excluding hydrogens is 381 g/mol. The van der Waals surface area contributed by atoms with Gasteiger partial charge in [-0.1, -0.05) is 30.3 Å². The summed E-state index contributed by atoms with van der Waals surface area (Å²) in [5, 5.41) is 1.99. The predicted octanol–water partition coefficient (Wildman–Crippen LogP) is 0.983. The van der Waals surface area contributed by atoms with E-state index >= 15 is 0 Å². The highest BCUT2D eigenvalue weighted by atomic mass is 32.2. The highest BCUT2D eigenvalue weighted by Crippen LogP contribution is 2.18. The predicted molar refractivity (Wildman–Crippen MR) is 103 cm³/mol. The van der Waals surface area contributed by atoms with Gasteiger partial charge >= 0.3 is 0 Å². The minimum absolute atomic E-state index is 0.00149. The monoisotopic (exact) mass is 406 g/mol. The molecule has 2 aromatic rings. The van der Waals surface area contributed by atoms with Gasteiger partial charge in [-0.15, -0.1) is 0 Å². The van der Waals surface area contributed by atoms with Crippen LogP contribution < -0.4 is 5.32 Å². The fourth-order valence-corrected chi connectivity index (χ4v) is 4.66. The lowest BCUT2D eigenvalue weighted by Gasteiger charge is -2.33. The molecule has 8 heteroatoms. The van der Waals surface area contributed by atoms with Gasteiger partial charge in [0.05, 0.1) is 4.90 Å². The van der Waals surface area contributed by atoms with Crippen LogP contribution in [-0.4, -0.2) is 56.3 Å². The Hall–Kier alpha value is -2.29. The second-order valence-electron chi connectivity index (χ2n) is 6.88. The number of hydrogen-bond acceptors (Lipinski definition) is 3. The highest BCUT2D eigenvalue weighted by molar-refractivity contribution is 7.89. The van der Waals surface area contributed by atoms with Crippen molar-refractivity contribution in [2.75, 3.05) is 32.7 Å². The van der Waals surface area contributed by atoms with Crippen LogP contribution in [0.5, 0.6) is 0 Å². The van der Waals surface area contributed by atoms with Crippen molar-refractivity contribution < 1.29 is 22.9 Å². The van der Waals surface area contributed by atoms with Crippen LogP contribution in [0.15, 0.2) is 59.5 Å². The number of amides is 1. The third kappa shape index (κ3) is 4.76. The van der Waals surface area contributed by atoms with Crippen molar-refractivity contribution in [3.05, 3.63) is 66.0 Å². The van der Waals surface area contributed by atoms with E-state index in [-0.39, 0.29) is 29.9 Å². The molecule has 0 unspecified atom stereocenters. The standard InChI is InChI=1S/C20H24FN3O3S/c1-16(17-5-3-2-4-6-17)22-15-20(25)23-11-13-24(14-12-23)28(26,27)19-9-7-18(21)8-10-19/h2-10,16,22H,11-15H2,1H3/p+1/t16-/m1/s1. The van der Waals surface area contributed by atoms with E-state index in [2.05, 4.69) is 6.92 Å². The van der Waals surface area contributed by atoms with Gasteiger partial charge < -0.3 is 10.2 Å². The van der Waals surface area contributed by atoms with Crippen LogP contribution in [0.3, 0.4) is 0 Å². The molecule has 6 nitrogen and oxygen atoms in total. The summed E-state index contributed by atoms with van der Waals surface area (Å²) in [5.74, 6) is -0.475. The summed E-state index contributed by atoms with van der Waals surface area (Å²) in [6, 6.07) is 14.9. The third-order valence-electron chi connectivity index (χ3n) is 5.01. The van der Waals surface area contributed by atoms with E-state index in [0.29, 0.717) is 19.6 Å². The van der Waals surface area contributed by atoms with E-state index < -0.39 is 15.8 Å². The van der Waals surface area contributed by atoms with E-state index in [1.165, 1.54) is 16.4 Å². The first-order valence-electron chi connectivity index (χ1n) is 9.29. The van der Waals surface area contributed by atoms with E-state index in [4.69, 9.17) is 0 Å². The number of benzene rings is 2. The Kier molecular flexibility index (Phi) is 6.43. The fraction of sp³-hybridized carbons (Fsp3) is 0.350. The van der Waals surface area contributed by atoms with Gasteiger partial charge in [0.2, 0.25) is 10.0 Å². The van der Waals surface area contributed by atoms with Crippen molar-refractivity contribution >= 4 is 15.9 Å². The molecule has 1 aliphatic rings. The van der Waals surface area contributed by atoms with Crippen LogP contribution in [0.25, 0.3) is 0 Å². The number of nitrogens with zero attached hydrogens (tertiary/aromatic N) is 2. The van der Waals surface area contributed by atoms with E-state index in [9.17, 15) is 17.6 Å². The maximum absolute atomic E-state index is 13.0. The fourth-order valence-electron chi connectivity index (χ4n) is 3.23. The van der Waals surface area contributed by atoms with Crippen molar-refractivity contribution in [3.8, 4) is 0 Å². The number of piperazine rings is 1. The first-order chi connectivity index (χ1) is 13.4. The normalized spacial score (nSPS) is 16.7. The molecule has 2 N–H and O–H groups in total. The number of sulfonamides is 1. The number of carbonyl (C=O) groups is 1. The van der Waals surface area contributed by atoms with Crippen LogP contribution in [0, 0.1) is 5.82 Å². The molecule has 2 aromatic carbocycles. The van der Waals surface area contributed by atoms with Gasteiger partial charge in [-0.3, -0.25) is 4.79 Å². The minimum atomic E-state index is -3.67.